The average molecular weight is 415 g/mol. The van der Waals surface area contributed by atoms with Gasteiger partial charge in [-0.15, -0.1) is 0 Å². The van der Waals surface area contributed by atoms with Crippen LogP contribution in [-0.2, 0) is 9.53 Å². The Morgan fingerprint density at radius 1 is 1.13 bits per heavy atom. The molecule has 10 nitrogen and oxygen atoms in total. The molecule has 2 aliphatic heterocycles. The number of aromatic nitrogens is 1. The Bertz CT molecular complexity index is 987. The summed E-state index contributed by atoms with van der Waals surface area (Å²) in [6, 6.07) is 5.19. The van der Waals surface area contributed by atoms with Gasteiger partial charge in [0.05, 0.1) is 5.39 Å². The smallest absolute Gasteiger partial charge is 0.410 e. The highest BCUT2D eigenvalue weighted by Crippen LogP contribution is 2.31. The molecule has 1 aromatic heterocycles. The Labute approximate surface area is 173 Å². The van der Waals surface area contributed by atoms with Gasteiger partial charge in [-0.1, -0.05) is 5.16 Å². The van der Waals surface area contributed by atoms with E-state index in [1.807, 2.05) is 39.0 Å². The minimum absolute atomic E-state index is 0.222. The number of ether oxygens (including phenoxy) is 1. The number of anilines is 2. The number of urea groups is 1. The molecule has 0 unspecified atom stereocenters. The first-order valence-corrected chi connectivity index (χ1v) is 9.95. The summed E-state index contributed by atoms with van der Waals surface area (Å²) < 4.78 is 10.9. The molecule has 0 bridgehead atoms. The predicted molar refractivity (Wildman–Crippen MR) is 110 cm³/mol. The van der Waals surface area contributed by atoms with Crippen molar-refractivity contribution in [3.63, 3.8) is 0 Å². The maximum absolute atomic E-state index is 12.2. The standard InChI is InChI=1S/C20H25N5O5/c1-20(2,3)29-19(28)24-10-8-23(9-11-24)13-4-5-14-15(12-13)30-22-17(14)25-7-6-16(26)21-18(25)27/h4-5,12H,6-11H2,1-3H3,(H,21,26,27). The number of nitrogens with zero attached hydrogens (tertiary/aromatic N) is 4. The topological polar surface area (TPSA) is 108 Å². The number of rotatable bonds is 2. The summed E-state index contributed by atoms with van der Waals surface area (Å²) in [7, 11) is 0. The fourth-order valence-corrected chi connectivity index (χ4v) is 3.54. The number of imide groups is 1. The third-order valence-electron chi connectivity index (χ3n) is 5.04. The highest BCUT2D eigenvalue weighted by molar-refractivity contribution is 6.08. The van der Waals surface area contributed by atoms with Crippen molar-refractivity contribution in [2.24, 2.45) is 0 Å². The van der Waals surface area contributed by atoms with Crippen molar-refractivity contribution in [2.75, 3.05) is 42.5 Å². The molecule has 1 aromatic carbocycles. The van der Waals surface area contributed by atoms with Crippen LogP contribution in [0.3, 0.4) is 0 Å². The maximum atomic E-state index is 12.2. The zero-order valence-electron chi connectivity index (χ0n) is 17.3. The number of piperazine rings is 1. The fourth-order valence-electron chi connectivity index (χ4n) is 3.54. The van der Waals surface area contributed by atoms with Gasteiger partial charge in [-0.05, 0) is 32.9 Å². The van der Waals surface area contributed by atoms with Crippen LogP contribution in [-0.4, -0.2) is 66.4 Å². The van der Waals surface area contributed by atoms with Crippen LogP contribution in [0.1, 0.15) is 27.2 Å². The molecule has 4 rings (SSSR count). The highest BCUT2D eigenvalue weighted by Gasteiger charge is 2.29. The Balaban J connectivity index is 1.45. The molecular weight excluding hydrogens is 390 g/mol. The van der Waals surface area contributed by atoms with Crippen LogP contribution in [0.4, 0.5) is 21.1 Å². The molecule has 0 spiro atoms. The molecule has 0 atom stereocenters. The normalized spacial score (nSPS) is 18.0. The lowest BCUT2D eigenvalue weighted by molar-refractivity contribution is -0.120. The van der Waals surface area contributed by atoms with E-state index in [0.717, 1.165) is 5.69 Å². The van der Waals surface area contributed by atoms with E-state index in [0.29, 0.717) is 43.0 Å². The van der Waals surface area contributed by atoms with Crippen LogP contribution in [0, 0.1) is 0 Å². The van der Waals surface area contributed by atoms with E-state index < -0.39 is 11.6 Å². The van der Waals surface area contributed by atoms with Crippen LogP contribution < -0.4 is 15.1 Å². The van der Waals surface area contributed by atoms with Gasteiger partial charge < -0.3 is 19.1 Å². The lowest BCUT2D eigenvalue weighted by Gasteiger charge is -2.36. The number of benzene rings is 1. The first-order valence-electron chi connectivity index (χ1n) is 9.95. The van der Waals surface area contributed by atoms with Gasteiger partial charge in [-0.3, -0.25) is 15.0 Å². The van der Waals surface area contributed by atoms with E-state index in [1.54, 1.807) is 4.90 Å². The lowest BCUT2D eigenvalue weighted by atomic mass is 10.2. The molecule has 2 aromatic rings. The number of fused-ring (bicyclic) bond motifs is 1. The van der Waals surface area contributed by atoms with E-state index in [9.17, 15) is 14.4 Å². The number of hydrogen-bond donors (Lipinski definition) is 1. The van der Waals surface area contributed by atoms with Crippen molar-refractivity contribution in [2.45, 2.75) is 32.8 Å². The molecule has 30 heavy (non-hydrogen) atoms. The first-order chi connectivity index (χ1) is 14.2. The van der Waals surface area contributed by atoms with Crippen molar-refractivity contribution in [3.8, 4) is 0 Å². The van der Waals surface area contributed by atoms with Crippen LogP contribution in [0.15, 0.2) is 22.7 Å². The molecule has 0 aliphatic carbocycles. The first kappa shape index (κ1) is 20.0. The molecular formula is C20H25N5O5. The van der Waals surface area contributed by atoms with E-state index in [-0.39, 0.29) is 25.0 Å². The van der Waals surface area contributed by atoms with Gasteiger partial charge in [0.2, 0.25) is 5.91 Å². The van der Waals surface area contributed by atoms with Crippen molar-refractivity contribution in [1.82, 2.24) is 15.4 Å². The van der Waals surface area contributed by atoms with Crippen molar-refractivity contribution in [3.05, 3.63) is 18.2 Å². The zero-order chi connectivity index (χ0) is 21.5. The summed E-state index contributed by atoms with van der Waals surface area (Å²) in [6.45, 7) is 8.30. The summed E-state index contributed by atoms with van der Waals surface area (Å²) in [4.78, 5) is 41.0. The quantitative estimate of drug-likeness (QED) is 0.802. The number of amides is 4. The number of hydrogen-bond acceptors (Lipinski definition) is 7. The fraction of sp³-hybridized carbons (Fsp3) is 0.500. The SMILES string of the molecule is CC(C)(C)OC(=O)N1CCN(c2ccc3c(N4CCC(=O)NC4=O)noc3c2)CC1. The second-order valence-electron chi connectivity index (χ2n) is 8.40. The number of carbonyl (C=O) groups excluding carboxylic acids is 3. The molecule has 2 fully saturated rings. The van der Waals surface area contributed by atoms with E-state index in [4.69, 9.17) is 9.26 Å². The summed E-state index contributed by atoms with van der Waals surface area (Å²) in [5.41, 5.74) is 0.996. The minimum Gasteiger partial charge on any atom is -0.444 e. The van der Waals surface area contributed by atoms with E-state index in [1.165, 1.54) is 4.90 Å². The molecule has 10 heteroatoms. The largest absolute Gasteiger partial charge is 0.444 e. The van der Waals surface area contributed by atoms with E-state index in [2.05, 4.69) is 15.4 Å². The average Bonchev–Trinajstić information content (AvgIpc) is 3.10. The second-order valence-corrected chi connectivity index (χ2v) is 8.40. The second kappa shape index (κ2) is 7.51. The Hall–Kier alpha value is -3.30. The predicted octanol–water partition coefficient (Wildman–Crippen LogP) is 2.33. The highest BCUT2D eigenvalue weighted by atomic mass is 16.6. The molecule has 0 radical (unpaired) electrons. The summed E-state index contributed by atoms with van der Waals surface area (Å²) in [5.74, 6) is 0.105. The monoisotopic (exact) mass is 415 g/mol. The maximum Gasteiger partial charge on any atom is 0.410 e. The van der Waals surface area contributed by atoms with E-state index >= 15 is 0 Å². The van der Waals surface area contributed by atoms with Gasteiger partial charge in [-0.25, -0.2) is 9.59 Å². The van der Waals surface area contributed by atoms with Gasteiger partial charge >= 0.3 is 12.1 Å². The third-order valence-corrected chi connectivity index (χ3v) is 5.04. The van der Waals surface area contributed by atoms with Crippen molar-refractivity contribution in [1.29, 1.82) is 0 Å². The van der Waals surface area contributed by atoms with Crippen LogP contribution in [0.25, 0.3) is 11.0 Å². The van der Waals surface area contributed by atoms with Gasteiger partial charge in [-0.2, -0.15) is 0 Å². The Morgan fingerprint density at radius 2 is 1.87 bits per heavy atom. The molecule has 4 amide bonds. The zero-order valence-corrected chi connectivity index (χ0v) is 17.3. The van der Waals surface area contributed by atoms with Crippen LogP contribution in [0.5, 0.6) is 0 Å². The molecule has 0 saturated carbocycles. The van der Waals surface area contributed by atoms with Gasteiger partial charge in [0, 0.05) is 50.9 Å². The Kier molecular flexibility index (Phi) is 5.00. The number of carbonyl (C=O) groups is 3. The van der Waals surface area contributed by atoms with Gasteiger partial charge in [0.25, 0.3) is 0 Å². The molecule has 2 saturated heterocycles. The molecule has 1 N–H and O–H groups in total. The minimum atomic E-state index is -0.512. The molecule has 2 aliphatic rings. The van der Waals surface area contributed by atoms with Crippen molar-refractivity contribution >= 4 is 40.5 Å². The van der Waals surface area contributed by atoms with Crippen LogP contribution >= 0.6 is 0 Å². The van der Waals surface area contributed by atoms with Gasteiger partial charge in [0.15, 0.2) is 11.4 Å². The summed E-state index contributed by atoms with van der Waals surface area (Å²) >= 11 is 0. The molecule has 160 valence electrons. The Morgan fingerprint density at radius 3 is 2.53 bits per heavy atom. The summed E-state index contributed by atoms with van der Waals surface area (Å²) in [6.07, 6.45) is -0.0733. The van der Waals surface area contributed by atoms with Crippen LogP contribution in [0.2, 0.25) is 0 Å². The lowest BCUT2D eigenvalue weighted by Crippen LogP contribution is -2.50. The third kappa shape index (κ3) is 4.03. The molecule has 3 heterocycles. The number of nitrogens with one attached hydrogen (secondary N) is 1. The summed E-state index contributed by atoms with van der Waals surface area (Å²) in [5, 5.41) is 7.03. The van der Waals surface area contributed by atoms with Gasteiger partial charge in [0.1, 0.15) is 5.60 Å². The van der Waals surface area contributed by atoms with Crippen molar-refractivity contribution < 1.29 is 23.6 Å².